The largest absolute Gasteiger partial charge is 0.378 e. The summed E-state index contributed by atoms with van der Waals surface area (Å²) in [5.41, 5.74) is 0.370. The number of guanidine groups is 1. The van der Waals surface area contributed by atoms with Crippen molar-refractivity contribution in [3.05, 3.63) is 22.4 Å². The molecule has 2 aliphatic carbocycles. The van der Waals surface area contributed by atoms with Crippen LogP contribution < -0.4 is 10.6 Å². The van der Waals surface area contributed by atoms with Gasteiger partial charge in [-0.05, 0) is 44.6 Å². The summed E-state index contributed by atoms with van der Waals surface area (Å²) in [6.45, 7) is 6.68. The van der Waals surface area contributed by atoms with Gasteiger partial charge in [0.2, 0.25) is 0 Å². The van der Waals surface area contributed by atoms with Crippen LogP contribution in [0.1, 0.15) is 44.4 Å². The smallest absolute Gasteiger partial charge is 0.191 e. The normalized spacial score (nSPS) is 26.4. The SMILES string of the molecule is CCNC(=NCc1cccs1)NC1CC(OCC)C12CCC2. The van der Waals surface area contributed by atoms with Gasteiger partial charge in [-0.15, -0.1) is 11.3 Å². The quantitative estimate of drug-likeness (QED) is 0.625. The molecule has 4 nitrogen and oxygen atoms in total. The van der Waals surface area contributed by atoms with Crippen molar-refractivity contribution in [2.24, 2.45) is 10.4 Å². The van der Waals surface area contributed by atoms with Gasteiger partial charge in [-0.25, -0.2) is 4.99 Å². The van der Waals surface area contributed by atoms with E-state index in [1.165, 1.54) is 24.1 Å². The number of nitrogens with zero attached hydrogens (tertiary/aromatic N) is 1. The van der Waals surface area contributed by atoms with Gasteiger partial charge in [0, 0.05) is 29.5 Å². The van der Waals surface area contributed by atoms with Gasteiger partial charge in [-0.3, -0.25) is 0 Å². The summed E-state index contributed by atoms with van der Waals surface area (Å²) >= 11 is 1.76. The van der Waals surface area contributed by atoms with Gasteiger partial charge in [0.05, 0.1) is 12.6 Å². The highest BCUT2D eigenvalue weighted by Crippen LogP contribution is 2.57. The zero-order chi connectivity index (χ0) is 15.4. The van der Waals surface area contributed by atoms with Crippen molar-refractivity contribution in [1.82, 2.24) is 10.6 Å². The van der Waals surface area contributed by atoms with Crippen molar-refractivity contribution in [2.75, 3.05) is 13.2 Å². The predicted octanol–water partition coefficient (Wildman–Crippen LogP) is 3.15. The minimum Gasteiger partial charge on any atom is -0.378 e. The second-order valence-electron chi connectivity index (χ2n) is 6.24. The number of ether oxygens (including phenoxy) is 1. The Morgan fingerprint density at radius 1 is 1.45 bits per heavy atom. The average Bonchev–Trinajstić information content (AvgIpc) is 2.95. The zero-order valence-corrected chi connectivity index (χ0v) is 14.4. The lowest BCUT2D eigenvalue weighted by Crippen LogP contribution is -2.68. The highest BCUT2D eigenvalue weighted by molar-refractivity contribution is 7.09. The zero-order valence-electron chi connectivity index (χ0n) is 13.6. The molecule has 1 spiro atoms. The maximum Gasteiger partial charge on any atom is 0.191 e. The fourth-order valence-corrected chi connectivity index (χ4v) is 4.31. The van der Waals surface area contributed by atoms with E-state index in [1.807, 2.05) is 0 Å². The molecule has 2 saturated carbocycles. The fourth-order valence-electron chi connectivity index (χ4n) is 3.69. The average molecular weight is 321 g/mol. The number of hydrogen-bond donors (Lipinski definition) is 2. The van der Waals surface area contributed by atoms with E-state index in [0.29, 0.717) is 17.6 Å². The summed E-state index contributed by atoms with van der Waals surface area (Å²) in [6.07, 6.45) is 5.48. The van der Waals surface area contributed by atoms with Crippen LogP contribution in [-0.4, -0.2) is 31.3 Å². The number of aliphatic imine (C=N–C) groups is 1. The second-order valence-corrected chi connectivity index (χ2v) is 7.27. The van der Waals surface area contributed by atoms with Gasteiger partial charge in [-0.1, -0.05) is 12.5 Å². The molecule has 1 aromatic heterocycles. The van der Waals surface area contributed by atoms with E-state index in [2.05, 4.69) is 42.0 Å². The first kappa shape index (κ1) is 15.8. The Balaban J connectivity index is 1.60. The van der Waals surface area contributed by atoms with Crippen LogP contribution in [0, 0.1) is 5.41 Å². The Hall–Kier alpha value is -1.07. The first-order chi connectivity index (χ1) is 10.8. The molecule has 0 aromatic carbocycles. The van der Waals surface area contributed by atoms with Gasteiger partial charge in [0.15, 0.2) is 5.96 Å². The van der Waals surface area contributed by atoms with Crippen LogP contribution in [0.15, 0.2) is 22.5 Å². The molecule has 2 aliphatic rings. The van der Waals surface area contributed by atoms with Crippen molar-refractivity contribution in [3.63, 3.8) is 0 Å². The summed E-state index contributed by atoms with van der Waals surface area (Å²) in [4.78, 5) is 6.04. The molecule has 2 fully saturated rings. The predicted molar refractivity (Wildman–Crippen MR) is 92.4 cm³/mol. The van der Waals surface area contributed by atoms with E-state index in [0.717, 1.165) is 32.1 Å². The first-order valence-corrected chi connectivity index (χ1v) is 9.35. The lowest BCUT2D eigenvalue weighted by Gasteiger charge is -2.61. The lowest BCUT2D eigenvalue weighted by atomic mass is 9.51. The van der Waals surface area contributed by atoms with Crippen molar-refractivity contribution in [2.45, 2.75) is 58.2 Å². The molecule has 0 saturated heterocycles. The van der Waals surface area contributed by atoms with Crippen LogP contribution in [-0.2, 0) is 11.3 Å². The van der Waals surface area contributed by atoms with E-state index in [-0.39, 0.29) is 0 Å². The molecule has 0 aliphatic heterocycles. The summed E-state index contributed by atoms with van der Waals surface area (Å²) < 4.78 is 5.93. The minimum atomic E-state index is 0.370. The molecule has 22 heavy (non-hydrogen) atoms. The van der Waals surface area contributed by atoms with Crippen molar-refractivity contribution >= 4 is 17.3 Å². The molecule has 2 atom stereocenters. The van der Waals surface area contributed by atoms with Crippen molar-refractivity contribution < 1.29 is 4.74 Å². The Kier molecular flexibility index (Phi) is 5.03. The van der Waals surface area contributed by atoms with E-state index in [1.54, 1.807) is 11.3 Å². The van der Waals surface area contributed by atoms with Crippen LogP contribution >= 0.6 is 11.3 Å². The molecule has 2 unspecified atom stereocenters. The van der Waals surface area contributed by atoms with E-state index in [4.69, 9.17) is 9.73 Å². The Morgan fingerprint density at radius 2 is 2.32 bits per heavy atom. The molecule has 5 heteroatoms. The first-order valence-electron chi connectivity index (χ1n) is 8.47. The molecule has 0 amide bonds. The summed E-state index contributed by atoms with van der Waals surface area (Å²) in [6, 6.07) is 4.73. The monoisotopic (exact) mass is 321 g/mol. The molecule has 3 rings (SSSR count). The lowest BCUT2D eigenvalue weighted by molar-refractivity contribution is -0.168. The topological polar surface area (TPSA) is 45.7 Å². The molecule has 1 heterocycles. The molecule has 0 radical (unpaired) electrons. The third-order valence-corrected chi connectivity index (χ3v) is 5.93. The highest BCUT2D eigenvalue weighted by atomic mass is 32.1. The van der Waals surface area contributed by atoms with Gasteiger partial charge < -0.3 is 15.4 Å². The molecule has 122 valence electrons. The maximum absolute atomic E-state index is 5.93. The van der Waals surface area contributed by atoms with Gasteiger partial charge in [-0.2, -0.15) is 0 Å². The molecule has 1 aromatic rings. The van der Waals surface area contributed by atoms with Crippen LogP contribution in [0.4, 0.5) is 0 Å². The van der Waals surface area contributed by atoms with Gasteiger partial charge in [0.1, 0.15) is 0 Å². The van der Waals surface area contributed by atoms with Crippen LogP contribution in [0.5, 0.6) is 0 Å². The minimum absolute atomic E-state index is 0.370. The summed E-state index contributed by atoms with van der Waals surface area (Å²) in [7, 11) is 0. The maximum atomic E-state index is 5.93. The second kappa shape index (κ2) is 7.01. The third kappa shape index (κ3) is 3.01. The van der Waals surface area contributed by atoms with Crippen molar-refractivity contribution in [3.8, 4) is 0 Å². The van der Waals surface area contributed by atoms with Gasteiger partial charge >= 0.3 is 0 Å². The Labute approximate surface area is 137 Å². The molecular formula is C17H27N3OS. The van der Waals surface area contributed by atoms with Gasteiger partial charge in [0.25, 0.3) is 0 Å². The van der Waals surface area contributed by atoms with Crippen LogP contribution in [0.2, 0.25) is 0 Å². The number of hydrogen-bond acceptors (Lipinski definition) is 3. The third-order valence-electron chi connectivity index (χ3n) is 5.07. The van der Waals surface area contributed by atoms with E-state index < -0.39 is 0 Å². The molecular weight excluding hydrogens is 294 g/mol. The number of nitrogens with one attached hydrogen (secondary N) is 2. The van der Waals surface area contributed by atoms with E-state index in [9.17, 15) is 0 Å². The summed E-state index contributed by atoms with van der Waals surface area (Å²) in [5.74, 6) is 0.946. The molecule has 0 bridgehead atoms. The Bertz CT molecular complexity index is 496. The van der Waals surface area contributed by atoms with E-state index >= 15 is 0 Å². The number of thiophene rings is 1. The van der Waals surface area contributed by atoms with Crippen LogP contribution in [0.25, 0.3) is 0 Å². The Morgan fingerprint density at radius 3 is 2.91 bits per heavy atom. The summed E-state index contributed by atoms with van der Waals surface area (Å²) in [5, 5.41) is 9.15. The van der Waals surface area contributed by atoms with Crippen LogP contribution in [0.3, 0.4) is 0 Å². The highest BCUT2D eigenvalue weighted by Gasteiger charge is 2.59. The fraction of sp³-hybridized carbons (Fsp3) is 0.706. The standard InChI is InChI=1S/C17H27N3OS/c1-3-18-16(19-12-13-7-5-10-22-13)20-14-11-15(21-4-2)17(14)8-6-9-17/h5,7,10,14-15H,3-4,6,8-9,11-12H2,1-2H3,(H2,18,19,20). The molecule has 2 N–H and O–H groups in total. The van der Waals surface area contributed by atoms with Crippen molar-refractivity contribution in [1.29, 1.82) is 0 Å². The number of rotatable bonds is 6.